The highest BCUT2D eigenvalue weighted by Crippen LogP contribution is 2.22. The van der Waals surface area contributed by atoms with Gasteiger partial charge in [0.1, 0.15) is 0 Å². The molecule has 0 unspecified atom stereocenters. The average Bonchev–Trinajstić information content (AvgIpc) is 2.65. The van der Waals surface area contributed by atoms with Gasteiger partial charge < -0.3 is 5.10 Å². The van der Waals surface area contributed by atoms with Crippen molar-refractivity contribution in [2.75, 3.05) is 0 Å². The summed E-state index contributed by atoms with van der Waals surface area (Å²) in [7, 11) is 0. The molecule has 0 aliphatic heterocycles. The lowest BCUT2D eigenvalue weighted by atomic mass is 10.1. The van der Waals surface area contributed by atoms with Crippen molar-refractivity contribution in [2.24, 2.45) is 0 Å². The van der Waals surface area contributed by atoms with Crippen LogP contribution >= 0.6 is 0 Å². The standard InChI is InChI=1S/C11H9N3O/c1-6-8-3-2-7(15)4-9(8)10-5-12-14-11(10)13-6/h2-5H,1H3,(H2,12,13,14). The summed E-state index contributed by atoms with van der Waals surface area (Å²) in [5, 5.41) is 8.74. The van der Waals surface area contributed by atoms with Crippen molar-refractivity contribution in [3.05, 3.63) is 40.3 Å². The van der Waals surface area contributed by atoms with E-state index in [1.807, 2.05) is 19.2 Å². The van der Waals surface area contributed by atoms with Crippen LogP contribution in [0.25, 0.3) is 21.8 Å². The molecule has 0 saturated heterocycles. The molecule has 74 valence electrons. The fourth-order valence-corrected chi connectivity index (χ4v) is 1.90. The number of nitrogens with zero attached hydrogens (tertiary/aromatic N) is 1. The maximum Gasteiger partial charge on any atom is 0.179 e. The van der Waals surface area contributed by atoms with Crippen LogP contribution in [0.1, 0.15) is 5.69 Å². The highest BCUT2D eigenvalue weighted by atomic mass is 16.1. The number of aryl methyl sites for hydroxylation is 1. The molecule has 0 fully saturated rings. The van der Waals surface area contributed by atoms with Gasteiger partial charge in [0, 0.05) is 22.7 Å². The predicted octanol–water partition coefficient (Wildman–Crippen LogP) is 1.71. The Kier molecular flexibility index (Phi) is 1.48. The van der Waals surface area contributed by atoms with Crippen LogP contribution in [0, 0.1) is 6.92 Å². The molecule has 0 saturated carbocycles. The lowest BCUT2D eigenvalue weighted by Crippen LogP contribution is -1.96. The van der Waals surface area contributed by atoms with E-state index in [1.165, 1.54) is 0 Å². The van der Waals surface area contributed by atoms with E-state index >= 15 is 0 Å². The number of rotatable bonds is 0. The van der Waals surface area contributed by atoms with Gasteiger partial charge in [0.05, 0.1) is 0 Å². The quantitative estimate of drug-likeness (QED) is 0.579. The van der Waals surface area contributed by atoms with Crippen LogP contribution in [0.3, 0.4) is 0 Å². The van der Waals surface area contributed by atoms with Gasteiger partial charge >= 0.3 is 0 Å². The molecule has 0 atom stereocenters. The number of nitrogens with one attached hydrogen (secondary N) is 2. The number of hydrogen-bond acceptors (Lipinski definition) is 2. The monoisotopic (exact) mass is 199 g/mol. The molecule has 2 N–H and O–H groups in total. The van der Waals surface area contributed by atoms with Gasteiger partial charge in [-0.3, -0.25) is 9.89 Å². The first-order valence-electron chi connectivity index (χ1n) is 4.72. The second-order valence-corrected chi connectivity index (χ2v) is 3.58. The molecular weight excluding hydrogens is 190 g/mol. The van der Waals surface area contributed by atoms with Crippen LogP contribution in [0.15, 0.2) is 29.2 Å². The summed E-state index contributed by atoms with van der Waals surface area (Å²) in [5.41, 5.74) is 1.73. The Morgan fingerprint density at radius 3 is 2.93 bits per heavy atom. The maximum absolute atomic E-state index is 11.3. The lowest BCUT2D eigenvalue weighted by Gasteiger charge is -2.01. The summed E-state index contributed by atoms with van der Waals surface area (Å²) in [6.45, 7) is 1.94. The molecule has 2 heterocycles. The molecule has 0 radical (unpaired) electrons. The van der Waals surface area contributed by atoms with E-state index in [0.717, 1.165) is 27.5 Å². The number of pyridine rings is 1. The summed E-state index contributed by atoms with van der Waals surface area (Å²) in [6, 6.07) is 5.04. The second kappa shape index (κ2) is 2.70. The Morgan fingerprint density at radius 1 is 1.20 bits per heavy atom. The zero-order valence-electron chi connectivity index (χ0n) is 8.16. The normalized spacial score (nSPS) is 11.3. The van der Waals surface area contributed by atoms with Crippen LogP contribution in [0.2, 0.25) is 0 Å². The van der Waals surface area contributed by atoms with Crippen LogP contribution in [0.5, 0.6) is 0 Å². The van der Waals surface area contributed by atoms with Gasteiger partial charge in [0.2, 0.25) is 0 Å². The van der Waals surface area contributed by atoms with Gasteiger partial charge in [-0.05, 0) is 30.5 Å². The summed E-state index contributed by atoms with van der Waals surface area (Å²) < 4.78 is 0. The van der Waals surface area contributed by atoms with Crippen LogP contribution < -0.4 is 5.43 Å². The van der Waals surface area contributed by atoms with Crippen molar-refractivity contribution >= 4 is 21.8 Å². The molecular formula is C11H9N3O. The molecule has 0 aliphatic carbocycles. The fourth-order valence-electron chi connectivity index (χ4n) is 1.90. The van der Waals surface area contributed by atoms with E-state index in [4.69, 9.17) is 0 Å². The van der Waals surface area contributed by atoms with Crippen molar-refractivity contribution in [3.8, 4) is 0 Å². The number of benzene rings is 1. The zero-order valence-corrected chi connectivity index (χ0v) is 8.16. The Balaban J connectivity index is 2.69. The van der Waals surface area contributed by atoms with E-state index in [9.17, 15) is 4.79 Å². The molecule has 0 spiro atoms. The number of aromatic amines is 2. The Hall–Kier alpha value is -2.10. The third-order valence-electron chi connectivity index (χ3n) is 2.61. The smallest absolute Gasteiger partial charge is 0.179 e. The lowest BCUT2D eigenvalue weighted by molar-refractivity contribution is 1.09. The third kappa shape index (κ3) is 1.08. The molecule has 3 rings (SSSR count). The maximum atomic E-state index is 11.3. The summed E-state index contributed by atoms with van der Waals surface area (Å²) in [5.74, 6) is 0. The molecule has 4 nitrogen and oxygen atoms in total. The van der Waals surface area contributed by atoms with E-state index in [2.05, 4.69) is 15.2 Å². The molecule has 0 aliphatic rings. The highest BCUT2D eigenvalue weighted by molar-refractivity contribution is 6.05. The second-order valence-electron chi connectivity index (χ2n) is 3.58. The number of hydrogen-bond donors (Lipinski definition) is 2. The first kappa shape index (κ1) is 8.23. The first-order valence-corrected chi connectivity index (χ1v) is 4.72. The molecule has 0 amide bonds. The van der Waals surface area contributed by atoms with Gasteiger partial charge in [-0.2, -0.15) is 0 Å². The summed E-state index contributed by atoms with van der Waals surface area (Å²) in [6.07, 6.45) is 1.82. The number of fused-ring (bicyclic) bond motifs is 3. The SMILES string of the molecule is Cc1nc2[nH][nH]cc2c2cc(=O)ccc12. The highest BCUT2D eigenvalue weighted by Gasteiger charge is 2.06. The van der Waals surface area contributed by atoms with Crippen LogP contribution in [0.4, 0.5) is 0 Å². The first-order chi connectivity index (χ1) is 7.25. The number of H-pyrrole nitrogens is 2. The van der Waals surface area contributed by atoms with Crippen LogP contribution in [-0.4, -0.2) is 15.2 Å². The van der Waals surface area contributed by atoms with E-state index in [1.54, 1.807) is 12.1 Å². The third-order valence-corrected chi connectivity index (χ3v) is 2.61. The van der Waals surface area contributed by atoms with E-state index in [-0.39, 0.29) is 5.43 Å². The van der Waals surface area contributed by atoms with Gasteiger partial charge in [-0.25, -0.2) is 4.98 Å². The Morgan fingerprint density at radius 2 is 2.07 bits per heavy atom. The fraction of sp³-hybridized carbons (Fsp3) is 0.0909. The minimum atomic E-state index is 0.0237. The molecule has 0 bridgehead atoms. The minimum absolute atomic E-state index is 0.0237. The van der Waals surface area contributed by atoms with E-state index < -0.39 is 0 Å². The van der Waals surface area contributed by atoms with Crippen molar-refractivity contribution in [2.45, 2.75) is 6.92 Å². The Bertz CT molecular complexity index is 708. The van der Waals surface area contributed by atoms with Gasteiger partial charge in [-0.15, -0.1) is 0 Å². The van der Waals surface area contributed by atoms with Gasteiger partial charge in [0.25, 0.3) is 0 Å². The van der Waals surface area contributed by atoms with Gasteiger partial charge in [0.15, 0.2) is 11.1 Å². The zero-order chi connectivity index (χ0) is 10.4. The molecule has 2 aromatic heterocycles. The molecule has 4 heteroatoms. The predicted molar refractivity (Wildman–Crippen MR) is 59.0 cm³/mol. The largest absolute Gasteiger partial charge is 0.306 e. The molecule has 3 aromatic rings. The van der Waals surface area contributed by atoms with Crippen molar-refractivity contribution < 1.29 is 0 Å². The summed E-state index contributed by atoms with van der Waals surface area (Å²) >= 11 is 0. The average molecular weight is 199 g/mol. The van der Waals surface area contributed by atoms with E-state index in [0.29, 0.717) is 0 Å². The Labute approximate surface area is 84.9 Å². The van der Waals surface area contributed by atoms with Gasteiger partial charge in [-0.1, -0.05) is 0 Å². The molecule has 15 heavy (non-hydrogen) atoms. The number of aromatic nitrogens is 3. The van der Waals surface area contributed by atoms with Crippen molar-refractivity contribution in [1.82, 2.24) is 15.2 Å². The minimum Gasteiger partial charge on any atom is -0.306 e. The molecule has 1 aromatic carbocycles. The van der Waals surface area contributed by atoms with Crippen LogP contribution in [-0.2, 0) is 0 Å². The summed E-state index contributed by atoms with van der Waals surface area (Å²) in [4.78, 5) is 15.7. The topological polar surface area (TPSA) is 61.5 Å². The van der Waals surface area contributed by atoms with Crippen molar-refractivity contribution in [3.63, 3.8) is 0 Å². The van der Waals surface area contributed by atoms with Crippen molar-refractivity contribution in [1.29, 1.82) is 0 Å².